The van der Waals surface area contributed by atoms with E-state index >= 15 is 0 Å². The number of amides is 2. The summed E-state index contributed by atoms with van der Waals surface area (Å²) in [4.78, 5) is 23.6. The highest BCUT2D eigenvalue weighted by atomic mass is 35.5. The van der Waals surface area contributed by atoms with Crippen LogP contribution in [0.15, 0.2) is 18.2 Å². The van der Waals surface area contributed by atoms with E-state index in [1.807, 2.05) is 20.8 Å². The molecule has 9 heteroatoms. The van der Waals surface area contributed by atoms with Crippen LogP contribution in [0.5, 0.6) is 0 Å². The highest BCUT2D eigenvalue weighted by molar-refractivity contribution is 6.34. The lowest BCUT2D eigenvalue weighted by Crippen LogP contribution is -2.42. The van der Waals surface area contributed by atoms with Crippen molar-refractivity contribution in [3.63, 3.8) is 0 Å². The highest BCUT2D eigenvalue weighted by Gasteiger charge is 2.27. The van der Waals surface area contributed by atoms with E-state index in [1.165, 1.54) is 18.2 Å². The van der Waals surface area contributed by atoms with E-state index in [9.17, 15) is 22.8 Å². The Kier molecular flexibility index (Phi) is 7.10. The van der Waals surface area contributed by atoms with Gasteiger partial charge in [0.15, 0.2) is 0 Å². The van der Waals surface area contributed by atoms with Gasteiger partial charge in [-0.1, -0.05) is 18.5 Å². The number of anilines is 1. The lowest BCUT2D eigenvalue weighted by atomic mass is 10.0. The predicted octanol–water partition coefficient (Wildman–Crippen LogP) is 3.35. The third kappa shape index (κ3) is 7.64. The zero-order valence-corrected chi connectivity index (χ0v) is 14.9. The Bertz CT molecular complexity index is 634. The minimum absolute atomic E-state index is 0.171. The SMILES string of the molecule is CCC(C)(C)NC(=O)c1ccc(NCC(=O)NCC(F)(F)F)cc1Cl. The van der Waals surface area contributed by atoms with Gasteiger partial charge in [0, 0.05) is 11.2 Å². The predicted molar refractivity (Wildman–Crippen MR) is 90.8 cm³/mol. The van der Waals surface area contributed by atoms with Crippen LogP contribution in [-0.4, -0.2) is 36.6 Å². The fourth-order valence-electron chi connectivity index (χ4n) is 1.72. The number of benzene rings is 1. The number of carbonyl (C=O) groups excluding carboxylic acids is 2. The molecular formula is C16H21ClF3N3O2. The van der Waals surface area contributed by atoms with Crippen LogP contribution >= 0.6 is 11.6 Å². The van der Waals surface area contributed by atoms with Crippen LogP contribution in [0.25, 0.3) is 0 Å². The van der Waals surface area contributed by atoms with Gasteiger partial charge in [-0.25, -0.2) is 0 Å². The Hall–Kier alpha value is -1.96. The summed E-state index contributed by atoms with van der Waals surface area (Å²) in [5.74, 6) is -1.13. The van der Waals surface area contributed by atoms with Gasteiger partial charge in [0.2, 0.25) is 5.91 Å². The Morgan fingerprint density at radius 3 is 2.36 bits per heavy atom. The first-order valence-electron chi connectivity index (χ1n) is 7.63. The average molecular weight is 380 g/mol. The van der Waals surface area contributed by atoms with Gasteiger partial charge in [-0.15, -0.1) is 0 Å². The number of carbonyl (C=O) groups is 2. The van der Waals surface area contributed by atoms with Gasteiger partial charge in [-0.05, 0) is 38.5 Å². The van der Waals surface area contributed by atoms with Gasteiger partial charge in [0.05, 0.1) is 17.1 Å². The van der Waals surface area contributed by atoms with Crippen molar-refractivity contribution in [3.05, 3.63) is 28.8 Å². The monoisotopic (exact) mass is 379 g/mol. The molecule has 25 heavy (non-hydrogen) atoms. The summed E-state index contributed by atoms with van der Waals surface area (Å²) in [5, 5.41) is 7.42. The summed E-state index contributed by atoms with van der Waals surface area (Å²) in [6.45, 7) is 3.97. The first kappa shape index (κ1) is 21.1. The Balaban J connectivity index is 2.64. The smallest absolute Gasteiger partial charge is 0.376 e. The summed E-state index contributed by atoms with van der Waals surface area (Å²) in [5.41, 5.74) is 0.308. The van der Waals surface area contributed by atoms with E-state index in [0.29, 0.717) is 5.69 Å². The molecule has 140 valence electrons. The minimum atomic E-state index is -4.46. The fraction of sp³-hybridized carbons (Fsp3) is 0.500. The minimum Gasteiger partial charge on any atom is -0.376 e. The molecule has 1 aromatic rings. The fourth-order valence-corrected chi connectivity index (χ4v) is 1.98. The summed E-state index contributed by atoms with van der Waals surface area (Å²) < 4.78 is 36.0. The molecule has 0 heterocycles. The second-order valence-corrected chi connectivity index (χ2v) is 6.54. The van der Waals surface area contributed by atoms with E-state index < -0.39 is 18.6 Å². The van der Waals surface area contributed by atoms with E-state index in [1.54, 1.807) is 5.32 Å². The summed E-state index contributed by atoms with van der Waals surface area (Å²) in [7, 11) is 0. The van der Waals surface area contributed by atoms with Crippen LogP contribution in [0.2, 0.25) is 5.02 Å². The van der Waals surface area contributed by atoms with E-state index in [0.717, 1.165) is 6.42 Å². The zero-order valence-electron chi connectivity index (χ0n) is 14.2. The van der Waals surface area contributed by atoms with Gasteiger partial charge in [-0.3, -0.25) is 9.59 Å². The van der Waals surface area contributed by atoms with Crippen molar-refractivity contribution < 1.29 is 22.8 Å². The first-order chi connectivity index (χ1) is 11.4. The number of rotatable bonds is 7. The lowest BCUT2D eigenvalue weighted by Gasteiger charge is -2.24. The summed E-state index contributed by atoms with van der Waals surface area (Å²) in [6.07, 6.45) is -3.72. The van der Waals surface area contributed by atoms with Gasteiger partial charge >= 0.3 is 6.18 Å². The summed E-state index contributed by atoms with van der Waals surface area (Å²) >= 11 is 6.08. The molecule has 0 saturated heterocycles. The molecule has 1 aromatic carbocycles. The van der Waals surface area contributed by atoms with Crippen molar-refractivity contribution in [2.24, 2.45) is 0 Å². The summed E-state index contributed by atoms with van der Waals surface area (Å²) in [6, 6.07) is 4.45. The van der Waals surface area contributed by atoms with Gasteiger partial charge in [-0.2, -0.15) is 13.2 Å². The van der Waals surface area contributed by atoms with Crippen LogP contribution in [0.3, 0.4) is 0 Å². The van der Waals surface area contributed by atoms with E-state index in [-0.39, 0.29) is 28.6 Å². The van der Waals surface area contributed by atoms with Gasteiger partial charge in [0.1, 0.15) is 6.54 Å². The van der Waals surface area contributed by atoms with Crippen molar-refractivity contribution in [1.82, 2.24) is 10.6 Å². The highest BCUT2D eigenvalue weighted by Crippen LogP contribution is 2.22. The quantitative estimate of drug-likeness (QED) is 0.680. The number of hydrogen-bond acceptors (Lipinski definition) is 3. The first-order valence-corrected chi connectivity index (χ1v) is 8.01. The third-order valence-corrected chi connectivity index (χ3v) is 3.80. The number of hydrogen-bond donors (Lipinski definition) is 3. The van der Waals surface area contributed by atoms with Crippen molar-refractivity contribution in [2.45, 2.75) is 38.9 Å². The molecule has 0 aliphatic heterocycles. The second kappa shape index (κ2) is 8.42. The van der Waals surface area contributed by atoms with E-state index in [4.69, 9.17) is 11.6 Å². The second-order valence-electron chi connectivity index (χ2n) is 6.13. The molecule has 3 N–H and O–H groups in total. The van der Waals surface area contributed by atoms with Gasteiger partial charge < -0.3 is 16.0 Å². The van der Waals surface area contributed by atoms with Crippen LogP contribution in [-0.2, 0) is 4.79 Å². The molecule has 2 amide bonds. The molecule has 0 unspecified atom stereocenters. The van der Waals surface area contributed by atoms with Crippen LogP contribution in [0.4, 0.5) is 18.9 Å². The molecule has 0 radical (unpaired) electrons. The average Bonchev–Trinajstić information content (AvgIpc) is 2.49. The van der Waals surface area contributed by atoms with Crippen molar-refractivity contribution in [1.29, 1.82) is 0 Å². The molecule has 0 spiro atoms. The number of nitrogens with one attached hydrogen (secondary N) is 3. The normalized spacial score (nSPS) is 11.8. The van der Waals surface area contributed by atoms with Crippen molar-refractivity contribution in [3.8, 4) is 0 Å². The van der Waals surface area contributed by atoms with Crippen LogP contribution < -0.4 is 16.0 Å². The molecule has 0 aliphatic rings. The molecule has 5 nitrogen and oxygen atoms in total. The third-order valence-electron chi connectivity index (χ3n) is 3.49. The molecule has 0 fully saturated rings. The Labute approximate surface area is 149 Å². The maximum absolute atomic E-state index is 12.2. The van der Waals surface area contributed by atoms with Crippen LogP contribution in [0.1, 0.15) is 37.6 Å². The molecule has 0 aromatic heterocycles. The molecule has 0 atom stereocenters. The van der Waals surface area contributed by atoms with E-state index in [2.05, 4.69) is 10.6 Å². The number of alkyl halides is 3. The molecule has 0 aliphatic carbocycles. The largest absolute Gasteiger partial charge is 0.405 e. The maximum Gasteiger partial charge on any atom is 0.405 e. The number of halogens is 4. The molecule has 0 saturated carbocycles. The molecule has 0 bridgehead atoms. The maximum atomic E-state index is 12.2. The lowest BCUT2D eigenvalue weighted by molar-refractivity contribution is -0.137. The standard InChI is InChI=1S/C16H21ClF3N3O2/c1-4-15(2,3)23-14(25)11-6-5-10(7-12(11)17)21-8-13(24)22-9-16(18,19)20/h5-7,21H,4,8-9H2,1-3H3,(H,22,24)(H,23,25). The van der Waals surface area contributed by atoms with Crippen molar-refractivity contribution in [2.75, 3.05) is 18.4 Å². The van der Waals surface area contributed by atoms with Gasteiger partial charge in [0.25, 0.3) is 5.91 Å². The molecule has 1 rings (SSSR count). The van der Waals surface area contributed by atoms with Crippen molar-refractivity contribution >= 4 is 29.1 Å². The Morgan fingerprint density at radius 2 is 1.84 bits per heavy atom. The van der Waals surface area contributed by atoms with Crippen LogP contribution in [0, 0.1) is 0 Å². The topological polar surface area (TPSA) is 70.2 Å². The zero-order chi connectivity index (χ0) is 19.3. The Morgan fingerprint density at radius 1 is 1.20 bits per heavy atom. The molecular weight excluding hydrogens is 359 g/mol.